The van der Waals surface area contributed by atoms with Gasteiger partial charge < -0.3 is 9.80 Å². The zero-order valence-corrected chi connectivity index (χ0v) is 33.1. The molecule has 0 spiro atoms. The van der Waals surface area contributed by atoms with Gasteiger partial charge in [-0.1, -0.05) is 117 Å². The number of hydrogen-bond donors (Lipinski definition) is 0. The smallest absolute Gasteiger partial charge is 0.0448 e. The van der Waals surface area contributed by atoms with Crippen molar-refractivity contribution in [3.63, 3.8) is 0 Å². The van der Waals surface area contributed by atoms with Crippen LogP contribution in [0.2, 0.25) is 0 Å². The summed E-state index contributed by atoms with van der Waals surface area (Å²) >= 11 is 0. The average molecular weight is 715 g/mol. The highest BCUT2D eigenvalue weighted by Gasteiger charge is 2.39. The Bertz CT molecular complexity index is 2710. The van der Waals surface area contributed by atoms with Gasteiger partial charge in [0, 0.05) is 39.2 Å². The van der Waals surface area contributed by atoms with Gasteiger partial charge in [-0.05, 0) is 162 Å². The van der Waals surface area contributed by atoms with Crippen LogP contribution in [-0.4, -0.2) is 11.1 Å². The molecular weight excluding hydrogens is 665 g/mol. The molecule has 272 valence electrons. The molecule has 2 nitrogen and oxygen atoms in total. The Morgan fingerprint density at radius 2 is 0.927 bits per heavy atom. The molecule has 0 aromatic heterocycles. The molecule has 55 heavy (non-hydrogen) atoms. The van der Waals surface area contributed by atoms with Crippen molar-refractivity contribution < 1.29 is 0 Å². The van der Waals surface area contributed by atoms with E-state index in [1.165, 1.54) is 88.8 Å². The first-order chi connectivity index (χ1) is 26.5. The topological polar surface area (TPSA) is 6.48 Å². The molecule has 0 saturated heterocycles. The van der Waals surface area contributed by atoms with Crippen LogP contribution in [0.25, 0.3) is 44.8 Å². The third kappa shape index (κ3) is 5.44. The second-order valence-electron chi connectivity index (χ2n) is 18.0. The highest BCUT2D eigenvalue weighted by Crippen LogP contribution is 2.52. The van der Waals surface area contributed by atoms with Crippen LogP contribution in [0.3, 0.4) is 0 Å². The lowest BCUT2D eigenvalue weighted by atomic mass is 9.81. The lowest BCUT2D eigenvalue weighted by molar-refractivity contribution is 0.447. The predicted molar refractivity (Wildman–Crippen MR) is 236 cm³/mol. The van der Waals surface area contributed by atoms with E-state index in [1.54, 1.807) is 0 Å². The van der Waals surface area contributed by atoms with Crippen LogP contribution in [0.1, 0.15) is 87.8 Å². The summed E-state index contributed by atoms with van der Waals surface area (Å²) in [5, 5.41) is 5.15. The molecule has 0 fully saturated rings. The van der Waals surface area contributed by atoms with Crippen LogP contribution >= 0.6 is 0 Å². The first kappa shape index (κ1) is 33.9. The fourth-order valence-corrected chi connectivity index (χ4v) is 10.1. The van der Waals surface area contributed by atoms with Crippen molar-refractivity contribution in [3.05, 3.63) is 167 Å². The summed E-state index contributed by atoms with van der Waals surface area (Å²) in [6.45, 7) is 14.3. The number of para-hydroxylation sites is 2. The first-order valence-corrected chi connectivity index (χ1v) is 20.2. The van der Waals surface area contributed by atoms with Gasteiger partial charge in [0.25, 0.3) is 0 Å². The molecule has 0 radical (unpaired) electrons. The Labute approximate surface area is 326 Å². The van der Waals surface area contributed by atoms with Crippen LogP contribution < -0.4 is 9.80 Å². The lowest BCUT2D eigenvalue weighted by Crippen LogP contribution is -2.44. The number of benzene rings is 7. The lowest BCUT2D eigenvalue weighted by Gasteiger charge is -2.45. The molecule has 1 aliphatic carbocycles. The van der Waals surface area contributed by atoms with Gasteiger partial charge in [-0.15, -0.1) is 0 Å². The molecule has 7 aromatic rings. The summed E-state index contributed by atoms with van der Waals surface area (Å²) in [7, 11) is 0. The van der Waals surface area contributed by atoms with Crippen LogP contribution in [0.15, 0.2) is 133 Å². The van der Waals surface area contributed by atoms with Crippen molar-refractivity contribution in [2.24, 2.45) is 0 Å². The molecule has 0 N–H and O–H groups in total. The zero-order chi connectivity index (χ0) is 37.7. The van der Waals surface area contributed by atoms with Crippen molar-refractivity contribution >= 4 is 56.4 Å². The maximum atomic E-state index is 2.58. The van der Waals surface area contributed by atoms with E-state index >= 15 is 0 Å². The fourth-order valence-electron chi connectivity index (χ4n) is 10.1. The van der Waals surface area contributed by atoms with Crippen molar-refractivity contribution in [2.45, 2.75) is 83.7 Å². The highest BCUT2D eigenvalue weighted by atomic mass is 15.2. The standard InChI is InChI=1S/C53H50N2/c1-51(2)29-27-37-11-7-9-13-49(37)54(51)41-21-25-44-40(33-41)20-19-39-31-35(17-23-43(39)44)15-16-36-18-24-45-46-26-22-42(34-48(46)53(5,6)47(45)32-36)55-50-14-10-8-12-38(50)28-30-52(55,3)4/h7-26,31-34H,27-30H2,1-6H3. The third-order valence-electron chi connectivity index (χ3n) is 13.2. The van der Waals surface area contributed by atoms with E-state index in [9.17, 15) is 0 Å². The minimum absolute atomic E-state index is 0.0490. The predicted octanol–water partition coefficient (Wildman–Crippen LogP) is 14.2. The highest BCUT2D eigenvalue weighted by molar-refractivity contribution is 6.09. The molecule has 3 aliphatic rings. The molecule has 0 bridgehead atoms. The molecule has 0 saturated carbocycles. The van der Waals surface area contributed by atoms with Crippen LogP contribution in [0.5, 0.6) is 0 Å². The Morgan fingerprint density at radius 1 is 0.455 bits per heavy atom. The maximum Gasteiger partial charge on any atom is 0.0448 e. The van der Waals surface area contributed by atoms with Crippen molar-refractivity contribution in [2.75, 3.05) is 9.80 Å². The number of nitrogens with zero attached hydrogens (tertiary/aromatic N) is 2. The third-order valence-corrected chi connectivity index (χ3v) is 13.2. The number of anilines is 4. The van der Waals surface area contributed by atoms with E-state index in [4.69, 9.17) is 0 Å². The van der Waals surface area contributed by atoms with Gasteiger partial charge in [0.15, 0.2) is 0 Å². The first-order valence-electron chi connectivity index (χ1n) is 20.2. The van der Waals surface area contributed by atoms with Gasteiger partial charge in [0.1, 0.15) is 0 Å². The summed E-state index contributed by atoms with van der Waals surface area (Å²) < 4.78 is 0. The van der Waals surface area contributed by atoms with E-state index in [0.29, 0.717) is 0 Å². The van der Waals surface area contributed by atoms with Crippen LogP contribution in [-0.2, 0) is 18.3 Å². The summed E-state index contributed by atoms with van der Waals surface area (Å²) in [5.74, 6) is 0. The zero-order valence-electron chi connectivity index (χ0n) is 33.1. The second-order valence-corrected chi connectivity index (χ2v) is 18.0. The molecular formula is C53H50N2. The van der Waals surface area contributed by atoms with Gasteiger partial charge in [-0.3, -0.25) is 0 Å². The van der Waals surface area contributed by atoms with E-state index in [-0.39, 0.29) is 16.5 Å². The summed E-state index contributed by atoms with van der Waals surface area (Å²) in [5.41, 5.74) is 16.1. The van der Waals surface area contributed by atoms with E-state index in [2.05, 4.69) is 197 Å². The monoisotopic (exact) mass is 714 g/mol. The van der Waals surface area contributed by atoms with E-state index < -0.39 is 0 Å². The SMILES string of the molecule is CC1(C)c2cc(C=Cc3ccc4c(ccc5cc(N6c7ccccc7CCC6(C)C)ccc54)c3)ccc2-c2ccc(N3c4ccccc4CCC3(C)C)cc21. The number of rotatable bonds is 4. The van der Waals surface area contributed by atoms with Crippen molar-refractivity contribution in [3.8, 4) is 11.1 Å². The number of aryl methyl sites for hydroxylation is 2. The molecule has 7 aromatic carbocycles. The normalized spacial score (nSPS) is 17.6. The summed E-state index contributed by atoms with van der Waals surface area (Å²) in [6.07, 6.45) is 9.09. The molecule has 10 rings (SSSR count). The molecule has 0 atom stereocenters. The summed E-state index contributed by atoms with van der Waals surface area (Å²) in [4.78, 5) is 5.13. The van der Waals surface area contributed by atoms with Gasteiger partial charge in [-0.25, -0.2) is 0 Å². The van der Waals surface area contributed by atoms with Gasteiger partial charge in [0.05, 0.1) is 0 Å². The summed E-state index contributed by atoms with van der Waals surface area (Å²) in [6, 6.07) is 50.6. The van der Waals surface area contributed by atoms with Crippen LogP contribution in [0.4, 0.5) is 22.7 Å². The van der Waals surface area contributed by atoms with Crippen molar-refractivity contribution in [1.82, 2.24) is 0 Å². The quantitative estimate of drug-likeness (QED) is 0.132. The molecule has 0 amide bonds. The van der Waals surface area contributed by atoms with E-state index in [0.717, 1.165) is 25.7 Å². The van der Waals surface area contributed by atoms with Crippen molar-refractivity contribution in [1.29, 1.82) is 0 Å². The number of hydrogen-bond acceptors (Lipinski definition) is 2. The maximum absolute atomic E-state index is 2.58. The van der Waals surface area contributed by atoms with E-state index in [1.807, 2.05) is 0 Å². The largest absolute Gasteiger partial charge is 0.336 e. The minimum Gasteiger partial charge on any atom is -0.336 e. The van der Waals surface area contributed by atoms with Gasteiger partial charge in [-0.2, -0.15) is 0 Å². The van der Waals surface area contributed by atoms with Gasteiger partial charge >= 0.3 is 0 Å². The fraction of sp³-hybridized carbons (Fsp3) is 0.245. The Hall–Kier alpha value is -5.60. The Morgan fingerprint density at radius 3 is 1.56 bits per heavy atom. The minimum atomic E-state index is -0.0962. The second kappa shape index (κ2) is 12.2. The Balaban J connectivity index is 0.933. The molecule has 0 unspecified atom stereocenters. The Kier molecular flexibility index (Phi) is 7.53. The average Bonchev–Trinajstić information content (AvgIpc) is 3.40. The molecule has 2 aliphatic heterocycles. The molecule has 2 heteroatoms. The van der Waals surface area contributed by atoms with Crippen LogP contribution in [0, 0.1) is 0 Å². The van der Waals surface area contributed by atoms with Gasteiger partial charge in [0.2, 0.25) is 0 Å². The number of fused-ring (bicyclic) bond motifs is 8. The molecule has 2 heterocycles.